The summed E-state index contributed by atoms with van der Waals surface area (Å²) in [5.41, 5.74) is 1.19. The first kappa shape index (κ1) is 25.7. The quantitative estimate of drug-likeness (QED) is 0.284. The number of halogens is 1. The number of methoxy groups -OCH3 is 2. The number of barbiturate groups is 1. The predicted octanol–water partition coefficient (Wildman–Crippen LogP) is 3.82. The summed E-state index contributed by atoms with van der Waals surface area (Å²) in [4.78, 5) is 66.3. The highest BCUT2D eigenvalue weighted by Crippen LogP contribution is 2.34. The van der Waals surface area contributed by atoms with E-state index < -0.39 is 29.7 Å². The van der Waals surface area contributed by atoms with Crippen LogP contribution in [0.2, 0.25) is 5.02 Å². The molecule has 0 spiro atoms. The molecule has 0 aromatic heterocycles. The van der Waals surface area contributed by atoms with Gasteiger partial charge < -0.3 is 9.47 Å². The molecule has 0 atom stereocenters. The van der Waals surface area contributed by atoms with Gasteiger partial charge in [0.2, 0.25) is 0 Å². The molecule has 3 aromatic rings. The summed E-state index contributed by atoms with van der Waals surface area (Å²) in [6.45, 7) is -0.134. The molecule has 5 rings (SSSR count). The Morgan fingerprint density at radius 3 is 2.03 bits per heavy atom. The lowest BCUT2D eigenvalue weighted by atomic mass is 10.0. The van der Waals surface area contributed by atoms with Crippen molar-refractivity contribution in [2.45, 2.75) is 6.54 Å². The van der Waals surface area contributed by atoms with Crippen LogP contribution in [0, 0.1) is 0 Å². The second-order valence-corrected chi connectivity index (χ2v) is 9.02. The lowest BCUT2D eigenvalue weighted by Crippen LogP contribution is -2.54. The highest BCUT2D eigenvalue weighted by atomic mass is 35.5. The highest BCUT2D eigenvalue weighted by molar-refractivity contribution is 6.39. The van der Waals surface area contributed by atoms with Crippen molar-refractivity contribution in [3.05, 3.63) is 93.5 Å². The van der Waals surface area contributed by atoms with Crippen molar-refractivity contribution in [2.24, 2.45) is 0 Å². The smallest absolute Gasteiger partial charge is 0.335 e. The summed E-state index contributed by atoms with van der Waals surface area (Å²) in [7, 11) is 2.82. The monoisotopic (exact) mass is 545 g/mol. The first-order chi connectivity index (χ1) is 18.7. The van der Waals surface area contributed by atoms with Crippen LogP contribution < -0.4 is 19.7 Å². The summed E-state index contributed by atoms with van der Waals surface area (Å²) in [5.74, 6) is -2.08. The molecule has 1 N–H and O–H groups in total. The molecule has 2 aliphatic rings. The molecule has 10 nitrogen and oxygen atoms in total. The van der Waals surface area contributed by atoms with Crippen molar-refractivity contribution in [1.29, 1.82) is 0 Å². The van der Waals surface area contributed by atoms with E-state index >= 15 is 0 Å². The zero-order valence-corrected chi connectivity index (χ0v) is 21.4. The molecule has 3 aromatic carbocycles. The van der Waals surface area contributed by atoms with E-state index in [4.69, 9.17) is 21.1 Å². The van der Waals surface area contributed by atoms with Crippen molar-refractivity contribution >= 4 is 53.0 Å². The maximum Gasteiger partial charge on any atom is 0.335 e. The minimum atomic E-state index is -0.905. The van der Waals surface area contributed by atoms with Crippen molar-refractivity contribution < 1.29 is 33.4 Å². The summed E-state index contributed by atoms with van der Waals surface area (Å²) < 4.78 is 10.9. The van der Waals surface area contributed by atoms with Crippen LogP contribution in [0.1, 0.15) is 31.8 Å². The average Bonchev–Trinajstić information content (AvgIpc) is 3.17. The second kappa shape index (κ2) is 10.1. The van der Waals surface area contributed by atoms with Gasteiger partial charge in [0.15, 0.2) is 0 Å². The van der Waals surface area contributed by atoms with Gasteiger partial charge in [0.05, 0.1) is 37.6 Å². The number of carbonyl (C=O) groups is 5. The van der Waals surface area contributed by atoms with Crippen molar-refractivity contribution in [3.8, 4) is 11.5 Å². The molecule has 0 radical (unpaired) electrons. The second-order valence-electron chi connectivity index (χ2n) is 8.58. The molecular formula is C28H20ClN3O7. The van der Waals surface area contributed by atoms with Gasteiger partial charge in [-0.3, -0.25) is 29.4 Å². The number of anilines is 1. The number of imide groups is 3. The van der Waals surface area contributed by atoms with E-state index in [-0.39, 0.29) is 29.1 Å². The van der Waals surface area contributed by atoms with Gasteiger partial charge in [0.25, 0.3) is 23.6 Å². The average molecular weight is 546 g/mol. The minimum Gasteiger partial charge on any atom is -0.496 e. The number of hydrogen-bond acceptors (Lipinski definition) is 7. The van der Waals surface area contributed by atoms with Crippen LogP contribution >= 0.6 is 11.6 Å². The topological polar surface area (TPSA) is 122 Å². The number of fused-ring (bicyclic) bond motifs is 1. The molecule has 0 aliphatic carbocycles. The summed E-state index contributed by atoms with van der Waals surface area (Å²) >= 11 is 5.92. The van der Waals surface area contributed by atoms with E-state index in [9.17, 15) is 24.0 Å². The third-order valence-corrected chi connectivity index (χ3v) is 6.58. The Bertz CT molecular complexity index is 1560. The van der Waals surface area contributed by atoms with Crippen LogP contribution in [0.3, 0.4) is 0 Å². The van der Waals surface area contributed by atoms with Gasteiger partial charge in [0, 0.05) is 22.2 Å². The normalized spacial score (nSPS) is 16.1. The SMILES string of the molecule is COc1cc(OC)c(CN2C(=O)c3ccccc3C2=O)cc1C=C1C(=O)NC(=O)N(c2ccc(Cl)cc2)C1=O. The fourth-order valence-corrected chi connectivity index (χ4v) is 4.54. The number of rotatable bonds is 6. The molecule has 1 saturated heterocycles. The van der Waals surface area contributed by atoms with Gasteiger partial charge in [-0.15, -0.1) is 0 Å². The Morgan fingerprint density at radius 1 is 0.821 bits per heavy atom. The van der Waals surface area contributed by atoms with Crippen LogP contribution in [-0.4, -0.2) is 48.8 Å². The molecule has 196 valence electrons. The molecule has 2 heterocycles. The molecule has 1 fully saturated rings. The van der Waals surface area contributed by atoms with Crippen molar-refractivity contribution in [3.63, 3.8) is 0 Å². The summed E-state index contributed by atoms with van der Waals surface area (Å²) in [6.07, 6.45) is 1.27. The Morgan fingerprint density at radius 2 is 1.44 bits per heavy atom. The Kier molecular flexibility index (Phi) is 6.63. The number of urea groups is 1. The van der Waals surface area contributed by atoms with E-state index in [2.05, 4.69) is 5.32 Å². The first-order valence-corrected chi connectivity index (χ1v) is 12.0. The molecule has 39 heavy (non-hydrogen) atoms. The lowest BCUT2D eigenvalue weighted by Gasteiger charge is -2.26. The fourth-order valence-electron chi connectivity index (χ4n) is 4.42. The number of benzene rings is 3. The zero-order chi connectivity index (χ0) is 27.8. The largest absolute Gasteiger partial charge is 0.496 e. The van der Waals surface area contributed by atoms with Crippen LogP contribution in [-0.2, 0) is 16.1 Å². The number of nitrogens with one attached hydrogen (secondary N) is 1. The molecule has 2 aliphatic heterocycles. The number of nitrogens with zero attached hydrogens (tertiary/aromatic N) is 2. The van der Waals surface area contributed by atoms with Gasteiger partial charge in [-0.2, -0.15) is 0 Å². The molecule has 0 bridgehead atoms. The van der Waals surface area contributed by atoms with Crippen LogP contribution in [0.15, 0.2) is 66.2 Å². The lowest BCUT2D eigenvalue weighted by molar-refractivity contribution is -0.122. The maximum atomic E-state index is 13.3. The fraction of sp³-hybridized carbons (Fsp3) is 0.107. The Labute approximate surface area is 227 Å². The molecule has 0 unspecified atom stereocenters. The molecule has 0 saturated carbocycles. The third-order valence-electron chi connectivity index (χ3n) is 6.33. The number of carbonyl (C=O) groups excluding carboxylic acids is 5. The van der Waals surface area contributed by atoms with Crippen molar-refractivity contribution in [1.82, 2.24) is 10.2 Å². The number of ether oxygens (including phenoxy) is 2. The van der Waals surface area contributed by atoms with Gasteiger partial charge in [-0.25, -0.2) is 9.69 Å². The van der Waals surface area contributed by atoms with Crippen molar-refractivity contribution in [2.75, 3.05) is 19.1 Å². The zero-order valence-electron chi connectivity index (χ0n) is 20.7. The number of amides is 6. The Balaban J connectivity index is 1.54. The highest BCUT2D eigenvalue weighted by Gasteiger charge is 2.38. The maximum absolute atomic E-state index is 13.3. The Hall–Kier alpha value is -4.96. The van der Waals surface area contributed by atoms with Gasteiger partial charge in [0.1, 0.15) is 17.1 Å². The molecule has 6 amide bonds. The van der Waals surface area contributed by atoms with E-state index in [0.29, 0.717) is 27.5 Å². The third kappa shape index (κ3) is 4.51. The van der Waals surface area contributed by atoms with Gasteiger partial charge in [-0.05, 0) is 48.5 Å². The van der Waals surface area contributed by atoms with Gasteiger partial charge >= 0.3 is 6.03 Å². The molecular weight excluding hydrogens is 526 g/mol. The summed E-state index contributed by atoms with van der Waals surface area (Å²) in [5, 5.41) is 2.57. The minimum absolute atomic E-state index is 0.134. The van der Waals surface area contributed by atoms with Gasteiger partial charge in [-0.1, -0.05) is 23.7 Å². The summed E-state index contributed by atoms with van der Waals surface area (Å²) in [6, 6.07) is 14.7. The van der Waals surface area contributed by atoms with E-state index in [1.807, 2.05) is 0 Å². The first-order valence-electron chi connectivity index (χ1n) is 11.6. The number of hydrogen-bond donors (Lipinski definition) is 1. The predicted molar refractivity (Wildman–Crippen MR) is 141 cm³/mol. The van der Waals surface area contributed by atoms with Crippen LogP contribution in [0.5, 0.6) is 11.5 Å². The van der Waals surface area contributed by atoms with E-state index in [0.717, 1.165) is 9.80 Å². The standard InChI is InChI=1S/C28H20ClN3O7/c1-38-22-13-23(39-2)16(14-31-25(34)19-5-3-4-6-20(19)26(31)35)11-15(22)12-21-24(33)30-28(37)32(27(21)36)18-9-7-17(29)8-10-18/h3-13H,14H2,1-2H3,(H,30,33,37). The van der Waals surface area contributed by atoms with Crippen LogP contribution in [0.25, 0.3) is 6.08 Å². The molecule has 11 heteroatoms. The van der Waals surface area contributed by atoms with E-state index in [1.165, 1.54) is 50.6 Å². The van der Waals surface area contributed by atoms with Crippen LogP contribution in [0.4, 0.5) is 10.5 Å². The van der Waals surface area contributed by atoms with E-state index in [1.54, 1.807) is 30.3 Å².